The van der Waals surface area contributed by atoms with Gasteiger partial charge < -0.3 is 4.98 Å². The molecule has 20 heavy (non-hydrogen) atoms. The zero-order valence-corrected chi connectivity index (χ0v) is 13.0. The maximum atomic E-state index is 12.2. The molecule has 104 valence electrons. The maximum Gasteiger partial charge on any atom is 0.265 e. The summed E-state index contributed by atoms with van der Waals surface area (Å²) in [5, 5.41) is 0. The summed E-state index contributed by atoms with van der Waals surface area (Å²) in [5.41, 5.74) is 2.95. The first-order valence-corrected chi connectivity index (χ1v) is 7.82. The fourth-order valence-electron chi connectivity index (χ4n) is 2.91. The number of aromatic amines is 1. The number of H-pyrrole nitrogens is 1. The Hall–Kier alpha value is -1.42. The van der Waals surface area contributed by atoms with E-state index in [0.717, 1.165) is 29.7 Å². The van der Waals surface area contributed by atoms with E-state index < -0.39 is 0 Å². The normalized spacial score (nSPS) is 15.7. The molecule has 1 aromatic heterocycles. The molecule has 2 aromatic rings. The molecule has 4 heteroatoms. The predicted octanol–water partition coefficient (Wildman–Crippen LogP) is 4.17. The molecule has 1 aromatic carbocycles. The highest BCUT2D eigenvalue weighted by molar-refractivity contribution is 9.10. The lowest BCUT2D eigenvalue weighted by Crippen LogP contribution is -2.15. The van der Waals surface area contributed by atoms with E-state index in [1.165, 1.54) is 12.8 Å². The van der Waals surface area contributed by atoms with Gasteiger partial charge in [0.2, 0.25) is 0 Å². The molecule has 1 aliphatic rings. The van der Waals surface area contributed by atoms with Crippen molar-refractivity contribution in [1.82, 2.24) is 9.97 Å². The van der Waals surface area contributed by atoms with Crippen LogP contribution in [0.5, 0.6) is 0 Å². The third-order valence-corrected chi connectivity index (χ3v) is 4.80. The number of aromatic nitrogens is 2. The molecule has 3 rings (SSSR count). The lowest BCUT2D eigenvalue weighted by atomic mass is 10.0. The highest BCUT2D eigenvalue weighted by Gasteiger charge is 2.23. The van der Waals surface area contributed by atoms with Gasteiger partial charge in [-0.25, -0.2) is 4.98 Å². The van der Waals surface area contributed by atoms with E-state index in [4.69, 9.17) is 4.98 Å². The van der Waals surface area contributed by atoms with Crippen molar-refractivity contribution in [3.05, 3.63) is 50.3 Å². The van der Waals surface area contributed by atoms with Crippen molar-refractivity contribution in [2.75, 3.05) is 0 Å². The van der Waals surface area contributed by atoms with E-state index >= 15 is 0 Å². The Bertz CT molecular complexity index is 687. The average Bonchev–Trinajstić information content (AvgIpc) is 2.96. The topological polar surface area (TPSA) is 45.8 Å². The fourth-order valence-corrected chi connectivity index (χ4v) is 3.42. The molecule has 0 saturated heterocycles. The summed E-state index contributed by atoms with van der Waals surface area (Å²) >= 11 is 3.41. The van der Waals surface area contributed by atoms with Gasteiger partial charge in [0.15, 0.2) is 0 Å². The van der Waals surface area contributed by atoms with E-state index in [1.807, 2.05) is 31.2 Å². The largest absolute Gasteiger partial charge is 0.306 e. The molecular weight excluding hydrogens is 316 g/mol. The van der Waals surface area contributed by atoms with Crippen LogP contribution in [-0.4, -0.2) is 9.97 Å². The van der Waals surface area contributed by atoms with Crippen LogP contribution in [0.25, 0.3) is 11.4 Å². The monoisotopic (exact) mass is 332 g/mol. The van der Waals surface area contributed by atoms with Crippen LogP contribution in [0, 0.1) is 6.92 Å². The van der Waals surface area contributed by atoms with Gasteiger partial charge in [-0.3, -0.25) is 4.79 Å². The molecule has 1 heterocycles. The Kier molecular flexibility index (Phi) is 3.74. The summed E-state index contributed by atoms with van der Waals surface area (Å²) in [6, 6.07) is 8.00. The van der Waals surface area contributed by atoms with Crippen molar-refractivity contribution in [1.29, 1.82) is 0 Å². The van der Waals surface area contributed by atoms with Gasteiger partial charge in [-0.05, 0) is 41.3 Å². The number of benzene rings is 1. The number of nitrogens with zero attached hydrogens (tertiary/aromatic N) is 1. The second-order valence-corrected chi connectivity index (χ2v) is 6.20. The summed E-state index contributed by atoms with van der Waals surface area (Å²) in [7, 11) is 0. The number of nitrogens with one attached hydrogen (secondary N) is 1. The molecule has 1 aliphatic carbocycles. The Labute approximate surface area is 126 Å². The maximum absolute atomic E-state index is 12.2. The van der Waals surface area contributed by atoms with Crippen LogP contribution in [0.1, 0.15) is 42.9 Å². The van der Waals surface area contributed by atoms with Crippen LogP contribution >= 0.6 is 15.9 Å². The van der Waals surface area contributed by atoms with Crippen LogP contribution < -0.4 is 5.56 Å². The van der Waals surface area contributed by atoms with E-state index in [-0.39, 0.29) is 5.56 Å². The lowest BCUT2D eigenvalue weighted by molar-refractivity contribution is 0.688. The zero-order chi connectivity index (χ0) is 14.1. The number of hydrogen-bond donors (Lipinski definition) is 1. The van der Waals surface area contributed by atoms with Crippen molar-refractivity contribution in [3.8, 4) is 11.4 Å². The molecule has 0 bridgehead atoms. The van der Waals surface area contributed by atoms with E-state index in [1.54, 1.807) is 0 Å². The Morgan fingerprint density at radius 1 is 1.25 bits per heavy atom. The molecule has 0 atom stereocenters. The first kappa shape index (κ1) is 13.6. The first-order valence-electron chi connectivity index (χ1n) is 7.02. The van der Waals surface area contributed by atoms with Crippen LogP contribution in [0.4, 0.5) is 0 Å². The standard InChI is InChI=1S/C16H17BrN2O/c1-10-6-2-5-9-12(10)15-18-14(11-7-3-4-8-11)13(17)16(20)19-15/h2,5-6,9,11H,3-4,7-8H2,1H3,(H,18,19,20). The molecular formula is C16H17BrN2O. The molecule has 1 N–H and O–H groups in total. The van der Waals surface area contributed by atoms with Crippen LogP contribution in [0.2, 0.25) is 0 Å². The first-order chi connectivity index (χ1) is 9.66. The number of hydrogen-bond acceptors (Lipinski definition) is 2. The van der Waals surface area contributed by atoms with Crippen LogP contribution in [-0.2, 0) is 0 Å². The van der Waals surface area contributed by atoms with Crippen molar-refractivity contribution in [2.45, 2.75) is 38.5 Å². The van der Waals surface area contributed by atoms with Gasteiger partial charge in [0.1, 0.15) is 10.3 Å². The van der Waals surface area contributed by atoms with Gasteiger partial charge in [0, 0.05) is 11.5 Å². The molecule has 0 aliphatic heterocycles. The smallest absolute Gasteiger partial charge is 0.265 e. The van der Waals surface area contributed by atoms with Crippen LogP contribution in [0.15, 0.2) is 33.5 Å². The lowest BCUT2D eigenvalue weighted by Gasteiger charge is -2.13. The van der Waals surface area contributed by atoms with Gasteiger partial charge in [0.05, 0.1) is 5.69 Å². The minimum Gasteiger partial charge on any atom is -0.306 e. The molecule has 1 fully saturated rings. The highest BCUT2D eigenvalue weighted by atomic mass is 79.9. The minimum atomic E-state index is -0.0832. The van der Waals surface area contributed by atoms with Crippen molar-refractivity contribution in [2.24, 2.45) is 0 Å². The van der Waals surface area contributed by atoms with Crippen LogP contribution in [0.3, 0.4) is 0 Å². The summed E-state index contributed by atoms with van der Waals surface area (Å²) < 4.78 is 0.599. The van der Waals surface area contributed by atoms with Gasteiger partial charge in [-0.2, -0.15) is 0 Å². The molecule has 0 amide bonds. The number of aryl methyl sites for hydroxylation is 1. The minimum absolute atomic E-state index is 0.0832. The summed E-state index contributed by atoms with van der Waals surface area (Å²) in [6.45, 7) is 2.03. The quantitative estimate of drug-likeness (QED) is 0.897. The van der Waals surface area contributed by atoms with Crippen molar-refractivity contribution >= 4 is 15.9 Å². The molecule has 0 unspecified atom stereocenters. The number of rotatable bonds is 2. The van der Waals surface area contributed by atoms with Gasteiger partial charge in [-0.1, -0.05) is 37.1 Å². The summed E-state index contributed by atoms with van der Waals surface area (Å²) in [4.78, 5) is 19.8. The van der Waals surface area contributed by atoms with E-state index in [9.17, 15) is 4.79 Å². The third kappa shape index (κ3) is 2.44. The van der Waals surface area contributed by atoms with E-state index in [2.05, 4.69) is 20.9 Å². The zero-order valence-electron chi connectivity index (χ0n) is 11.4. The average molecular weight is 333 g/mol. The van der Waals surface area contributed by atoms with E-state index in [0.29, 0.717) is 16.2 Å². The SMILES string of the molecule is Cc1ccccc1-c1nc(C2CCCC2)c(Br)c(=O)[nH]1. The summed E-state index contributed by atoms with van der Waals surface area (Å²) in [5.74, 6) is 1.09. The fraction of sp³-hybridized carbons (Fsp3) is 0.375. The third-order valence-electron chi connectivity index (χ3n) is 4.03. The molecule has 3 nitrogen and oxygen atoms in total. The second kappa shape index (κ2) is 5.52. The van der Waals surface area contributed by atoms with Gasteiger partial charge in [-0.15, -0.1) is 0 Å². The Morgan fingerprint density at radius 3 is 2.65 bits per heavy atom. The Morgan fingerprint density at radius 2 is 1.95 bits per heavy atom. The van der Waals surface area contributed by atoms with Crippen molar-refractivity contribution in [3.63, 3.8) is 0 Å². The van der Waals surface area contributed by atoms with Gasteiger partial charge >= 0.3 is 0 Å². The van der Waals surface area contributed by atoms with Crippen molar-refractivity contribution < 1.29 is 0 Å². The Balaban J connectivity index is 2.14. The number of halogens is 1. The van der Waals surface area contributed by atoms with Gasteiger partial charge in [0.25, 0.3) is 5.56 Å². The predicted molar refractivity (Wildman–Crippen MR) is 83.9 cm³/mol. The molecule has 0 radical (unpaired) electrons. The second-order valence-electron chi connectivity index (χ2n) is 5.41. The molecule has 1 saturated carbocycles. The summed E-state index contributed by atoms with van der Waals surface area (Å²) in [6.07, 6.45) is 4.71. The molecule has 0 spiro atoms. The highest BCUT2D eigenvalue weighted by Crippen LogP contribution is 2.36.